The zero-order valence-corrected chi connectivity index (χ0v) is 15.7. The topological polar surface area (TPSA) is 75.2 Å². The third-order valence-corrected chi connectivity index (χ3v) is 5.84. The van der Waals surface area contributed by atoms with Crippen LogP contribution in [0.2, 0.25) is 5.02 Å². The van der Waals surface area contributed by atoms with Gasteiger partial charge in [-0.25, -0.2) is 0 Å². The van der Waals surface area contributed by atoms with Crippen LogP contribution in [0.1, 0.15) is 36.2 Å². The van der Waals surface area contributed by atoms with E-state index in [-0.39, 0.29) is 29.5 Å². The number of piperidine rings is 1. The molecule has 2 fully saturated rings. The third kappa shape index (κ3) is 3.51. The molecule has 2 aliphatic rings. The van der Waals surface area contributed by atoms with Crippen molar-refractivity contribution in [1.29, 1.82) is 0 Å². The highest BCUT2D eigenvalue weighted by Gasteiger charge is 2.42. The van der Waals surface area contributed by atoms with Gasteiger partial charge in [0.1, 0.15) is 0 Å². The van der Waals surface area contributed by atoms with Gasteiger partial charge in [-0.15, -0.1) is 5.10 Å². The zero-order valence-electron chi connectivity index (χ0n) is 14.2. The smallest absolute Gasteiger partial charge is 0.282 e. The number of benzene rings is 1. The van der Waals surface area contributed by atoms with Crippen molar-refractivity contribution >= 4 is 34.9 Å². The van der Waals surface area contributed by atoms with Crippen LogP contribution in [0.3, 0.4) is 0 Å². The van der Waals surface area contributed by atoms with Crippen LogP contribution in [0.15, 0.2) is 24.3 Å². The van der Waals surface area contributed by atoms with Gasteiger partial charge in [0.2, 0.25) is 5.91 Å². The quantitative estimate of drug-likeness (QED) is 0.812. The van der Waals surface area contributed by atoms with E-state index in [0.717, 1.165) is 49.3 Å². The van der Waals surface area contributed by atoms with Gasteiger partial charge in [-0.05, 0) is 61.5 Å². The standard InChI is InChI=1S/C18H19ClN4O2S/c19-13-5-3-11(4-6-13)16-15(21-22-26-16)18(25)23(14-7-8-14)17(24)12-2-1-9-20-10-12/h3-6,12,14,20H,1-2,7-10H2. The molecular formula is C18H19ClN4O2S. The van der Waals surface area contributed by atoms with Crippen LogP contribution in [0.25, 0.3) is 10.4 Å². The summed E-state index contributed by atoms with van der Waals surface area (Å²) in [6.07, 6.45) is 3.51. The molecule has 2 aromatic rings. The minimum absolute atomic E-state index is 0.00306. The Morgan fingerprint density at radius 3 is 2.62 bits per heavy atom. The lowest BCUT2D eigenvalue weighted by molar-refractivity contribution is -0.133. The van der Waals surface area contributed by atoms with Crippen molar-refractivity contribution < 1.29 is 9.59 Å². The lowest BCUT2D eigenvalue weighted by Gasteiger charge is -2.28. The molecule has 1 aromatic carbocycles. The highest BCUT2D eigenvalue weighted by atomic mass is 35.5. The number of halogens is 1. The molecule has 2 heterocycles. The lowest BCUT2D eigenvalue weighted by Crippen LogP contribution is -2.47. The summed E-state index contributed by atoms with van der Waals surface area (Å²) in [7, 11) is 0. The minimum Gasteiger partial charge on any atom is -0.316 e. The molecule has 1 aliphatic carbocycles. The van der Waals surface area contributed by atoms with Crippen LogP contribution < -0.4 is 5.32 Å². The van der Waals surface area contributed by atoms with Gasteiger partial charge in [-0.1, -0.05) is 28.2 Å². The summed E-state index contributed by atoms with van der Waals surface area (Å²) in [6.45, 7) is 1.56. The number of nitrogens with one attached hydrogen (secondary N) is 1. The summed E-state index contributed by atoms with van der Waals surface area (Å²) in [5.41, 5.74) is 1.08. The predicted molar refractivity (Wildman–Crippen MR) is 100 cm³/mol. The van der Waals surface area contributed by atoms with Crippen molar-refractivity contribution in [2.75, 3.05) is 13.1 Å². The summed E-state index contributed by atoms with van der Waals surface area (Å²) < 4.78 is 3.96. The van der Waals surface area contributed by atoms with Crippen molar-refractivity contribution in [3.8, 4) is 10.4 Å². The number of carbonyl (C=O) groups is 2. The van der Waals surface area contributed by atoms with E-state index in [9.17, 15) is 9.59 Å². The van der Waals surface area contributed by atoms with Gasteiger partial charge in [-0.2, -0.15) is 0 Å². The van der Waals surface area contributed by atoms with Crippen LogP contribution >= 0.6 is 23.1 Å². The summed E-state index contributed by atoms with van der Waals surface area (Å²) in [4.78, 5) is 28.3. The van der Waals surface area contributed by atoms with E-state index in [2.05, 4.69) is 14.9 Å². The molecule has 1 atom stereocenters. The molecule has 1 aromatic heterocycles. The molecule has 6 nitrogen and oxygen atoms in total. The molecule has 1 aliphatic heterocycles. The number of rotatable bonds is 4. The van der Waals surface area contributed by atoms with E-state index < -0.39 is 0 Å². The van der Waals surface area contributed by atoms with Gasteiger partial charge in [0.15, 0.2) is 5.69 Å². The molecule has 1 saturated carbocycles. The summed E-state index contributed by atoms with van der Waals surface area (Å²) in [5, 5.41) is 7.92. The SMILES string of the molecule is O=C(c1nnsc1-c1ccc(Cl)cc1)N(C(=O)C1CCCNC1)C1CC1. The average Bonchev–Trinajstić information content (AvgIpc) is 3.38. The Labute approximate surface area is 160 Å². The van der Waals surface area contributed by atoms with E-state index in [4.69, 9.17) is 11.6 Å². The minimum atomic E-state index is -0.332. The van der Waals surface area contributed by atoms with Gasteiger partial charge >= 0.3 is 0 Å². The van der Waals surface area contributed by atoms with Crippen LogP contribution in [0.5, 0.6) is 0 Å². The maximum atomic E-state index is 13.2. The largest absolute Gasteiger partial charge is 0.316 e. The first-order valence-corrected chi connectivity index (χ1v) is 9.96. The maximum absolute atomic E-state index is 13.2. The van der Waals surface area contributed by atoms with Crippen molar-refractivity contribution in [2.45, 2.75) is 31.7 Å². The van der Waals surface area contributed by atoms with E-state index in [1.807, 2.05) is 12.1 Å². The normalized spacial score (nSPS) is 20.0. The van der Waals surface area contributed by atoms with Crippen LogP contribution in [-0.2, 0) is 4.79 Å². The molecular weight excluding hydrogens is 372 g/mol. The molecule has 26 heavy (non-hydrogen) atoms. The molecule has 1 saturated heterocycles. The van der Waals surface area contributed by atoms with Gasteiger partial charge in [0, 0.05) is 17.6 Å². The Bertz CT molecular complexity index is 813. The second-order valence-electron chi connectivity index (χ2n) is 6.75. The number of hydrogen-bond donors (Lipinski definition) is 1. The third-order valence-electron chi connectivity index (χ3n) is 4.81. The first-order chi connectivity index (χ1) is 12.6. The van der Waals surface area contributed by atoms with E-state index in [1.54, 1.807) is 12.1 Å². The molecule has 4 rings (SSSR count). The van der Waals surface area contributed by atoms with Crippen LogP contribution in [0, 0.1) is 5.92 Å². The zero-order chi connectivity index (χ0) is 18.1. The first-order valence-electron chi connectivity index (χ1n) is 8.81. The van der Waals surface area contributed by atoms with E-state index >= 15 is 0 Å². The molecule has 0 bridgehead atoms. The molecule has 0 spiro atoms. The fraction of sp³-hybridized carbons (Fsp3) is 0.444. The van der Waals surface area contributed by atoms with Gasteiger partial charge in [0.25, 0.3) is 5.91 Å². The molecule has 1 N–H and O–H groups in total. The number of hydrogen-bond acceptors (Lipinski definition) is 6. The Morgan fingerprint density at radius 1 is 1.19 bits per heavy atom. The van der Waals surface area contributed by atoms with Gasteiger partial charge in [0.05, 0.1) is 10.8 Å². The van der Waals surface area contributed by atoms with E-state index in [1.165, 1.54) is 4.90 Å². The monoisotopic (exact) mass is 390 g/mol. The molecule has 8 heteroatoms. The van der Waals surface area contributed by atoms with Crippen molar-refractivity contribution in [2.24, 2.45) is 5.92 Å². The van der Waals surface area contributed by atoms with Gasteiger partial charge in [-0.3, -0.25) is 14.5 Å². The highest BCUT2D eigenvalue weighted by molar-refractivity contribution is 7.09. The second kappa shape index (κ2) is 7.42. The fourth-order valence-corrected chi connectivity index (χ4v) is 4.06. The molecule has 136 valence electrons. The summed E-state index contributed by atoms with van der Waals surface area (Å²) in [5.74, 6) is -0.555. The summed E-state index contributed by atoms with van der Waals surface area (Å²) in [6, 6.07) is 7.20. The molecule has 0 radical (unpaired) electrons. The Hall–Kier alpha value is -1.83. The van der Waals surface area contributed by atoms with Crippen molar-refractivity contribution in [3.63, 3.8) is 0 Å². The Balaban J connectivity index is 1.62. The van der Waals surface area contributed by atoms with Crippen LogP contribution in [0.4, 0.5) is 0 Å². The maximum Gasteiger partial charge on any atom is 0.282 e. The predicted octanol–water partition coefficient (Wildman–Crippen LogP) is 2.99. The first kappa shape index (κ1) is 17.6. The number of imide groups is 1. The summed E-state index contributed by atoms with van der Waals surface area (Å²) >= 11 is 7.11. The number of aromatic nitrogens is 2. The highest BCUT2D eigenvalue weighted by Crippen LogP contribution is 2.34. The Morgan fingerprint density at radius 2 is 1.96 bits per heavy atom. The Kier molecular flexibility index (Phi) is 5.02. The number of nitrogens with zero attached hydrogens (tertiary/aromatic N) is 3. The number of amides is 2. The van der Waals surface area contributed by atoms with Crippen molar-refractivity contribution in [3.05, 3.63) is 35.0 Å². The fourth-order valence-electron chi connectivity index (χ4n) is 3.27. The number of carbonyl (C=O) groups excluding carboxylic acids is 2. The average molecular weight is 391 g/mol. The van der Waals surface area contributed by atoms with Crippen LogP contribution in [-0.4, -0.2) is 45.4 Å². The van der Waals surface area contributed by atoms with Crippen molar-refractivity contribution in [1.82, 2.24) is 19.8 Å². The molecule has 2 amide bonds. The lowest BCUT2D eigenvalue weighted by atomic mass is 9.97. The second-order valence-corrected chi connectivity index (χ2v) is 7.94. The van der Waals surface area contributed by atoms with E-state index in [0.29, 0.717) is 16.4 Å². The molecule has 1 unspecified atom stereocenters. The van der Waals surface area contributed by atoms with Gasteiger partial charge < -0.3 is 5.32 Å².